The van der Waals surface area contributed by atoms with E-state index < -0.39 is 6.61 Å². The average Bonchev–Trinajstić information content (AvgIpc) is 3.75. The maximum absolute atomic E-state index is 13.4. The van der Waals surface area contributed by atoms with Crippen molar-refractivity contribution in [1.82, 2.24) is 19.7 Å². The van der Waals surface area contributed by atoms with E-state index in [0.717, 1.165) is 53.7 Å². The second-order valence-corrected chi connectivity index (χ2v) is 9.60. The Hall–Kier alpha value is -3.40. The van der Waals surface area contributed by atoms with Gasteiger partial charge in [-0.15, -0.1) is 11.3 Å². The van der Waals surface area contributed by atoms with Crippen LogP contribution in [0.3, 0.4) is 0 Å². The van der Waals surface area contributed by atoms with E-state index >= 15 is 0 Å². The molecule has 0 atom stereocenters. The summed E-state index contributed by atoms with van der Waals surface area (Å²) in [6.07, 6.45) is 4.33. The van der Waals surface area contributed by atoms with Gasteiger partial charge in [0.05, 0.1) is 22.3 Å². The van der Waals surface area contributed by atoms with Gasteiger partial charge < -0.3 is 4.74 Å². The Morgan fingerprint density at radius 1 is 1.15 bits per heavy atom. The van der Waals surface area contributed by atoms with Crippen LogP contribution in [0.1, 0.15) is 59.3 Å². The van der Waals surface area contributed by atoms with Crippen LogP contribution in [-0.2, 0) is 7.05 Å². The van der Waals surface area contributed by atoms with Crippen LogP contribution >= 0.6 is 11.3 Å². The molecule has 174 valence electrons. The molecule has 2 saturated carbocycles. The molecule has 0 spiro atoms. The van der Waals surface area contributed by atoms with Crippen LogP contribution in [0.15, 0.2) is 35.7 Å². The first-order chi connectivity index (χ1) is 16.5. The molecule has 4 aromatic rings. The third-order valence-corrected chi connectivity index (χ3v) is 6.90. The highest BCUT2D eigenvalue weighted by Crippen LogP contribution is 2.45. The van der Waals surface area contributed by atoms with Crippen LogP contribution in [0, 0.1) is 0 Å². The SMILES string of the molecule is Cn1nc(C2CC2)c2c(C(=O)Nc3nc(-c4ccc(OC(F)F)cc4)cs3)cc(C3CC3)nc21. The fourth-order valence-electron chi connectivity index (χ4n) is 4.14. The van der Waals surface area contributed by atoms with E-state index in [1.54, 1.807) is 16.8 Å². The van der Waals surface area contributed by atoms with E-state index in [0.29, 0.717) is 28.2 Å². The Balaban J connectivity index is 1.29. The zero-order valence-corrected chi connectivity index (χ0v) is 19.1. The normalized spacial score (nSPS) is 15.8. The summed E-state index contributed by atoms with van der Waals surface area (Å²) in [4.78, 5) is 22.8. The van der Waals surface area contributed by atoms with Crippen molar-refractivity contribution in [1.29, 1.82) is 0 Å². The molecule has 6 rings (SSSR count). The summed E-state index contributed by atoms with van der Waals surface area (Å²) in [6, 6.07) is 8.16. The number of halogens is 2. The van der Waals surface area contributed by atoms with Gasteiger partial charge in [-0.2, -0.15) is 13.9 Å². The van der Waals surface area contributed by atoms with Crippen LogP contribution in [0.2, 0.25) is 0 Å². The molecule has 0 unspecified atom stereocenters. The quantitative estimate of drug-likeness (QED) is 0.366. The molecular formula is C24H21F2N5O2S. The summed E-state index contributed by atoms with van der Waals surface area (Å²) in [6.45, 7) is -2.87. The van der Waals surface area contributed by atoms with Gasteiger partial charge in [0, 0.05) is 35.5 Å². The van der Waals surface area contributed by atoms with Crippen LogP contribution in [-0.4, -0.2) is 32.3 Å². The molecule has 2 aliphatic rings. The van der Waals surface area contributed by atoms with Crippen molar-refractivity contribution in [3.05, 3.63) is 52.7 Å². The Kier molecular flexibility index (Phi) is 5.05. The number of amides is 1. The van der Waals surface area contributed by atoms with Gasteiger partial charge in [-0.25, -0.2) is 9.97 Å². The van der Waals surface area contributed by atoms with Gasteiger partial charge in [0.1, 0.15) is 5.75 Å². The molecule has 2 fully saturated rings. The van der Waals surface area contributed by atoms with E-state index in [1.807, 2.05) is 18.5 Å². The van der Waals surface area contributed by atoms with Gasteiger partial charge in [0.25, 0.3) is 5.91 Å². The fraction of sp³-hybridized carbons (Fsp3) is 0.333. The first kappa shape index (κ1) is 21.2. The topological polar surface area (TPSA) is 81.9 Å². The minimum Gasteiger partial charge on any atom is -0.435 e. The number of carbonyl (C=O) groups excluding carboxylic acids is 1. The predicted molar refractivity (Wildman–Crippen MR) is 125 cm³/mol. The van der Waals surface area contributed by atoms with Gasteiger partial charge in [-0.05, 0) is 56.0 Å². The predicted octanol–water partition coefficient (Wildman–Crippen LogP) is 5.70. The minimum atomic E-state index is -2.87. The average molecular weight is 482 g/mol. The molecule has 34 heavy (non-hydrogen) atoms. The number of hydrogen-bond acceptors (Lipinski definition) is 6. The van der Waals surface area contributed by atoms with E-state index in [4.69, 9.17) is 10.1 Å². The van der Waals surface area contributed by atoms with Crippen molar-refractivity contribution in [2.75, 3.05) is 5.32 Å². The van der Waals surface area contributed by atoms with Crippen molar-refractivity contribution in [3.63, 3.8) is 0 Å². The molecule has 0 saturated heterocycles. The molecule has 1 N–H and O–H groups in total. The summed E-state index contributed by atoms with van der Waals surface area (Å²) in [5.74, 6) is 0.635. The Bertz CT molecular complexity index is 1390. The monoisotopic (exact) mass is 481 g/mol. The molecular weight excluding hydrogens is 460 g/mol. The highest BCUT2D eigenvalue weighted by Gasteiger charge is 2.34. The molecule has 7 nitrogen and oxygen atoms in total. The van der Waals surface area contributed by atoms with E-state index in [9.17, 15) is 13.6 Å². The number of rotatable bonds is 7. The first-order valence-electron chi connectivity index (χ1n) is 11.2. The zero-order chi connectivity index (χ0) is 23.4. The number of ether oxygens (including phenoxy) is 1. The highest BCUT2D eigenvalue weighted by molar-refractivity contribution is 7.14. The number of carbonyl (C=O) groups is 1. The van der Waals surface area contributed by atoms with Crippen molar-refractivity contribution in [3.8, 4) is 17.0 Å². The van der Waals surface area contributed by atoms with Crippen LogP contribution < -0.4 is 10.1 Å². The molecule has 0 aliphatic heterocycles. The fourth-order valence-corrected chi connectivity index (χ4v) is 4.86. The number of benzene rings is 1. The van der Waals surface area contributed by atoms with Crippen molar-refractivity contribution in [2.45, 2.75) is 44.1 Å². The van der Waals surface area contributed by atoms with E-state index in [-0.39, 0.29) is 11.7 Å². The number of aromatic nitrogens is 4. The molecule has 3 heterocycles. The van der Waals surface area contributed by atoms with Gasteiger partial charge >= 0.3 is 6.61 Å². The zero-order valence-electron chi connectivity index (χ0n) is 18.3. The van der Waals surface area contributed by atoms with Gasteiger partial charge in [-0.1, -0.05) is 0 Å². The van der Waals surface area contributed by atoms with Crippen LogP contribution in [0.5, 0.6) is 5.75 Å². The summed E-state index contributed by atoms with van der Waals surface area (Å²) in [5.41, 5.74) is 4.61. The van der Waals surface area contributed by atoms with Gasteiger partial charge in [0.2, 0.25) is 0 Å². The Labute approximate surface area is 197 Å². The lowest BCUT2D eigenvalue weighted by atomic mass is 10.0. The highest BCUT2D eigenvalue weighted by atomic mass is 32.1. The van der Waals surface area contributed by atoms with Gasteiger partial charge in [0.15, 0.2) is 10.8 Å². The second kappa shape index (κ2) is 8.12. The second-order valence-electron chi connectivity index (χ2n) is 8.75. The maximum atomic E-state index is 13.4. The standard InChI is InChI=1S/C24H21F2N5O2S/c1-31-21-19(20(30-31)14-4-5-14)16(10-17(27-21)12-2-3-12)22(32)29-24-28-18(11-34-24)13-6-8-15(9-7-13)33-23(25)26/h6-12,14,23H,2-5H2,1H3,(H,28,29,32). The molecule has 2 aliphatic carbocycles. The third kappa shape index (κ3) is 4.02. The summed E-state index contributed by atoms with van der Waals surface area (Å²) in [5, 5.41) is 10.7. The Morgan fingerprint density at radius 2 is 1.88 bits per heavy atom. The van der Waals surface area contributed by atoms with Gasteiger partial charge in [-0.3, -0.25) is 14.8 Å². The minimum absolute atomic E-state index is 0.0821. The summed E-state index contributed by atoms with van der Waals surface area (Å²) in [7, 11) is 1.88. The van der Waals surface area contributed by atoms with Crippen molar-refractivity contribution < 1.29 is 18.3 Å². The lowest BCUT2D eigenvalue weighted by Crippen LogP contribution is -2.13. The lowest BCUT2D eigenvalue weighted by molar-refractivity contribution is -0.0498. The molecule has 1 aromatic carbocycles. The number of aryl methyl sites for hydroxylation is 1. The van der Waals surface area contributed by atoms with Crippen molar-refractivity contribution in [2.24, 2.45) is 7.05 Å². The molecule has 10 heteroatoms. The Morgan fingerprint density at radius 3 is 2.56 bits per heavy atom. The summed E-state index contributed by atoms with van der Waals surface area (Å²) >= 11 is 1.31. The molecule has 0 bridgehead atoms. The number of alkyl halides is 2. The number of pyridine rings is 1. The van der Waals surface area contributed by atoms with Crippen molar-refractivity contribution >= 4 is 33.4 Å². The van der Waals surface area contributed by atoms with E-state index in [2.05, 4.69) is 15.0 Å². The molecule has 3 aromatic heterocycles. The smallest absolute Gasteiger partial charge is 0.387 e. The number of nitrogens with zero attached hydrogens (tertiary/aromatic N) is 4. The molecule has 0 radical (unpaired) electrons. The first-order valence-corrected chi connectivity index (χ1v) is 12.0. The number of fused-ring (bicyclic) bond motifs is 1. The maximum Gasteiger partial charge on any atom is 0.387 e. The largest absolute Gasteiger partial charge is 0.435 e. The molecule has 1 amide bonds. The van der Waals surface area contributed by atoms with Crippen LogP contribution in [0.25, 0.3) is 22.3 Å². The summed E-state index contributed by atoms with van der Waals surface area (Å²) < 4.78 is 30.9. The lowest BCUT2D eigenvalue weighted by Gasteiger charge is -2.08. The van der Waals surface area contributed by atoms with Crippen LogP contribution in [0.4, 0.5) is 13.9 Å². The number of thiazole rings is 1. The number of anilines is 1. The number of nitrogens with one attached hydrogen (secondary N) is 1. The number of hydrogen-bond donors (Lipinski definition) is 1. The van der Waals surface area contributed by atoms with E-state index in [1.165, 1.54) is 23.5 Å². The third-order valence-electron chi connectivity index (χ3n) is 6.14.